The lowest BCUT2D eigenvalue weighted by atomic mass is 10.1. The molecule has 2 atom stereocenters. The van der Waals surface area contributed by atoms with E-state index in [9.17, 15) is 13.2 Å². The second-order valence-electron chi connectivity index (χ2n) is 5.02. The molecule has 0 saturated carbocycles. The smallest absolute Gasteiger partial charge is 0.337 e. The first-order valence-corrected chi connectivity index (χ1v) is 9.46. The number of rotatable bonds is 12. The molecule has 19 heavy (non-hydrogen) atoms. The fraction of sp³-hybridized carbons (Fsp3) is 1.00. The largest absolute Gasteiger partial charge is 0.398 e. The van der Waals surface area contributed by atoms with E-state index in [1.165, 1.54) is 14.2 Å². The van der Waals surface area contributed by atoms with Crippen molar-refractivity contribution in [2.75, 3.05) is 20.9 Å². The molecule has 0 N–H and O–H groups in total. The Bertz CT molecular complexity index is 216. The molecule has 0 rings (SSSR count). The third-order valence-corrected chi connectivity index (χ3v) is 6.29. The number of halogens is 3. The monoisotopic (exact) mass is 300 g/mol. The lowest BCUT2D eigenvalue weighted by Crippen LogP contribution is -2.40. The molecule has 6 heteroatoms. The quantitative estimate of drug-likeness (QED) is 0.394. The zero-order valence-corrected chi connectivity index (χ0v) is 13.3. The average molecular weight is 300 g/mol. The van der Waals surface area contributed by atoms with Gasteiger partial charge in [-0.2, -0.15) is 0 Å². The van der Waals surface area contributed by atoms with E-state index in [1.807, 2.05) is 0 Å². The van der Waals surface area contributed by atoms with Crippen LogP contribution in [0.2, 0.25) is 12.6 Å². The van der Waals surface area contributed by atoms with E-state index in [2.05, 4.69) is 0 Å². The van der Waals surface area contributed by atoms with E-state index < -0.39 is 20.9 Å². The lowest BCUT2D eigenvalue weighted by molar-refractivity contribution is 0.150. The van der Waals surface area contributed by atoms with Crippen LogP contribution in [0.15, 0.2) is 0 Å². The number of hydrogen-bond acceptors (Lipinski definition) is 2. The normalized spacial score (nSPS) is 15.5. The standard InChI is InChI=1S/C13H27F3O2Si/c1-17-19(3,18-2)11-13(16)12(15)9-7-5-4-6-8-10-14/h12-13H,4-11H2,1-3H3. The summed E-state index contributed by atoms with van der Waals surface area (Å²) in [6, 6.07) is 0.0169. The van der Waals surface area contributed by atoms with E-state index in [0.717, 1.165) is 19.3 Å². The Morgan fingerprint density at radius 1 is 0.895 bits per heavy atom. The van der Waals surface area contributed by atoms with Gasteiger partial charge in [-0.15, -0.1) is 0 Å². The molecule has 0 amide bonds. The average Bonchev–Trinajstić information content (AvgIpc) is 2.42. The van der Waals surface area contributed by atoms with Crippen LogP contribution in [0.1, 0.15) is 38.5 Å². The first-order valence-electron chi connectivity index (χ1n) is 6.93. The molecule has 0 aromatic carbocycles. The van der Waals surface area contributed by atoms with Crippen molar-refractivity contribution in [1.29, 1.82) is 0 Å². The molecule has 116 valence electrons. The van der Waals surface area contributed by atoms with Crippen LogP contribution in [0, 0.1) is 0 Å². The van der Waals surface area contributed by atoms with Crippen LogP contribution >= 0.6 is 0 Å². The van der Waals surface area contributed by atoms with Gasteiger partial charge in [-0.05, 0) is 19.4 Å². The maximum atomic E-state index is 13.7. The third kappa shape index (κ3) is 8.65. The van der Waals surface area contributed by atoms with Crippen LogP contribution in [0.3, 0.4) is 0 Å². The molecule has 0 aromatic rings. The molecule has 0 saturated heterocycles. The fourth-order valence-electron chi connectivity index (χ4n) is 1.88. The van der Waals surface area contributed by atoms with Gasteiger partial charge in [-0.25, -0.2) is 8.78 Å². The Morgan fingerprint density at radius 2 is 1.42 bits per heavy atom. The van der Waals surface area contributed by atoms with Gasteiger partial charge in [0, 0.05) is 20.3 Å². The molecule has 0 heterocycles. The predicted octanol–water partition coefficient (Wildman–Crippen LogP) is 4.34. The Labute approximate surface area is 115 Å². The molecule has 0 aliphatic rings. The Kier molecular flexibility index (Phi) is 10.6. The minimum absolute atomic E-state index is 0.0169. The summed E-state index contributed by atoms with van der Waals surface area (Å²) < 4.78 is 49.5. The van der Waals surface area contributed by atoms with Crippen molar-refractivity contribution in [2.24, 2.45) is 0 Å². The predicted molar refractivity (Wildman–Crippen MR) is 73.9 cm³/mol. The summed E-state index contributed by atoms with van der Waals surface area (Å²) in [6.45, 7) is 1.43. The fourth-order valence-corrected chi connectivity index (χ4v) is 3.34. The van der Waals surface area contributed by atoms with E-state index in [1.54, 1.807) is 6.55 Å². The van der Waals surface area contributed by atoms with Crippen molar-refractivity contribution in [3.8, 4) is 0 Å². The van der Waals surface area contributed by atoms with Crippen molar-refractivity contribution in [3.05, 3.63) is 0 Å². The van der Waals surface area contributed by atoms with Gasteiger partial charge in [0.1, 0.15) is 12.3 Å². The Balaban J connectivity index is 3.78. The van der Waals surface area contributed by atoms with Crippen LogP contribution in [0.5, 0.6) is 0 Å². The number of alkyl halides is 3. The second-order valence-corrected chi connectivity index (χ2v) is 8.52. The van der Waals surface area contributed by atoms with Gasteiger partial charge in [-0.1, -0.05) is 25.7 Å². The van der Waals surface area contributed by atoms with Gasteiger partial charge in [0.25, 0.3) is 0 Å². The number of unbranched alkanes of at least 4 members (excludes halogenated alkanes) is 4. The summed E-state index contributed by atoms with van der Waals surface area (Å²) in [6.07, 6.45) is 0.981. The Hall–Kier alpha value is -0.0731. The zero-order chi connectivity index (χ0) is 14.7. The molecule has 0 fully saturated rings. The van der Waals surface area contributed by atoms with Crippen molar-refractivity contribution in [1.82, 2.24) is 0 Å². The zero-order valence-electron chi connectivity index (χ0n) is 12.3. The molecular formula is C13H27F3O2Si. The second kappa shape index (κ2) is 10.7. The summed E-state index contributed by atoms with van der Waals surface area (Å²) in [5.41, 5.74) is 0. The summed E-state index contributed by atoms with van der Waals surface area (Å²) in [7, 11) is 0.401. The highest BCUT2D eigenvalue weighted by Gasteiger charge is 2.36. The molecule has 2 nitrogen and oxygen atoms in total. The first kappa shape index (κ1) is 18.9. The van der Waals surface area contributed by atoms with Gasteiger partial charge in [-0.3, -0.25) is 4.39 Å². The van der Waals surface area contributed by atoms with Gasteiger partial charge >= 0.3 is 8.56 Å². The highest BCUT2D eigenvalue weighted by atomic mass is 28.4. The maximum absolute atomic E-state index is 13.7. The van der Waals surface area contributed by atoms with Crippen molar-refractivity contribution < 1.29 is 22.0 Å². The van der Waals surface area contributed by atoms with E-state index in [-0.39, 0.29) is 19.1 Å². The summed E-state index contributed by atoms with van der Waals surface area (Å²) in [5.74, 6) is 0. The highest BCUT2D eigenvalue weighted by molar-refractivity contribution is 6.66. The molecule has 0 radical (unpaired) electrons. The van der Waals surface area contributed by atoms with Crippen LogP contribution in [-0.2, 0) is 8.85 Å². The van der Waals surface area contributed by atoms with Crippen molar-refractivity contribution in [2.45, 2.75) is 63.5 Å². The topological polar surface area (TPSA) is 18.5 Å². The van der Waals surface area contributed by atoms with Crippen molar-refractivity contribution >= 4 is 8.56 Å². The molecule has 0 spiro atoms. The first-order chi connectivity index (χ1) is 8.99. The molecular weight excluding hydrogens is 273 g/mol. The van der Waals surface area contributed by atoms with Crippen LogP contribution in [0.25, 0.3) is 0 Å². The maximum Gasteiger partial charge on any atom is 0.337 e. The molecule has 0 bridgehead atoms. The van der Waals surface area contributed by atoms with E-state index in [0.29, 0.717) is 12.8 Å². The summed E-state index contributed by atoms with van der Waals surface area (Å²) in [4.78, 5) is 0. The van der Waals surface area contributed by atoms with Gasteiger partial charge < -0.3 is 8.85 Å². The Morgan fingerprint density at radius 3 is 1.95 bits per heavy atom. The summed E-state index contributed by atoms with van der Waals surface area (Å²) >= 11 is 0. The highest BCUT2D eigenvalue weighted by Crippen LogP contribution is 2.23. The number of hydrogen-bond donors (Lipinski definition) is 0. The lowest BCUT2D eigenvalue weighted by Gasteiger charge is -2.25. The van der Waals surface area contributed by atoms with Crippen LogP contribution < -0.4 is 0 Å². The minimum atomic E-state index is -2.54. The van der Waals surface area contributed by atoms with E-state index in [4.69, 9.17) is 8.85 Å². The van der Waals surface area contributed by atoms with E-state index >= 15 is 0 Å². The molecule has 0 aliphatic heterocycles. The summed E-state index contributed by atoms with van der Waals surface area (Å²) in [5, 5.41) is 0. The molecule has 0 aliphatic carbocycles. The third-order valence-electron chi connectivity index (χ3n) is 3.44. The van der Waals surface area contributed by atoms with Crippen LogP contribution in [0.4, 0.5) is 13.2 Å². The van der Waals surface area contributed by atoms with Crippen molar-refractivity contribution in [3.63, 3.8) is 0 Å². The van der Waals surface area contributed by atoms with Gasteiger partial charge in [0.15, 0.2) is 0 Å². The SMILES string of the molecule is CO[Si](C)(CC(F)C(F)CCCCCCCF)OC. The van der Waals surface area contributed by atoms with Gasteiger partial charge in [0.05, 0.1) is 6.67 Å². The van der Waals surface area contributed by atoms with Gasteiger partial charge in [0.2, 0.25) is 0 Å². The molecule has 2 unspecified atom stereocenters. The minimum Gasteiger partial charge on any atom is -0.398 e. The van der Waals surface area contributed by atoms with Crippen LogP contribution in [-0.4, -0.2) is 41.8 Å². The molecule has 0 aromatic heterocycles.